The molecule has 0 amide bonds. The third-order valence-electron chi connectivity index (χ3n) is 5.04. The van der Waals surface area contributed by atoms with Gasteiger partial charge in [0.2, 0.25) is 10.0 Å². The summed E-state index contributed by atoms with van der Waals surface area (Å²) in [5, 5.41) is 0.577. The fourth-order valence-electron chi connectivity index (χ4n) is 3.39. The van der Waals surface area contributed by atoms with Gasteiger partial charge in [-0.1, -0.05) is 11.6 Å². The van der Waals surface area contributed by atoms with Crippen molar-refractivity contribution in [2.75, 3.05) is 45.3 Å². The van der Waals surface area contributed by atoms with Gasteiger partial charge in [0.1, 0.15) is 11.5 Å². The minimum Gasteiger partial charge on any atom is -0.497 e. The van der Waals surface area contributed by atoms with Crippen LogP contribution < -0.4 is 14.4 Å². The molecule has 8 heteroatoms. The summed E-state index contributed by atoms with van der Waals surface area (Å²) in [6.45, 7) is 5.55. The molecular weight excluding hydrogens is 400 g/mol. The molecule has 1 fully saturated rings. The first-order chi connectivity index (χ1) is 13.3. The van der Waals surface area contributed by atoms with Gasteiger partial charge in [-0.2, -0.15) is 4.31 Å². The van der Waals surface area contributed by atoms with E-state index in [1.165, 1.54) is 4.31 Å². The standard InChI is InChI=1S/C20H25ClN2O4S/c1-14-12-20(15(2)11-17(14)21)28(24,25)23-9-7-22(8-10-23)18-6-5-16(26-3)13-19(18)27-4/h5-6,11-13H,7-10H2,1-4H3. The van der Waals surface area contributed by atoms with Gasteiger partial charge < -0.3 is 14.4 Å². The molecule has 1 aliphatic heterocycles. The summed E-state index contributed by atoms with van der Waals surface area (Å²) in [6, 6.07) is 9.02. The Morgan fingerprint density at radius 3 is 2.21 bits per heavy atom. The zero-order chi connectivity index (χ0) is 20.5. The highest BCUT2D eigenvalue weighted by atomic mass is 35.5. The highest BCUT2D eigenvalue weighted by Gasteiger charge is 2.30. The van der Waals surface area contributed by atoms with Crippen molar-refractivity contribution in [1.29, 1.82) is 0 Å². The molecule has 1 aliphatic rings. The first-order valence-corrected chi connectivity index (χ1v) is 10.8. The van der Waals surface area contributed by atoms with Crippen molar-refractivity contribution in [3.63, 3.8) is 0 Å². The van der Waals surface area contributed by atoms with Crippen LogP contribution in [-0.2, 0) is 10.0 Å². The van der Waals surface area contributed by atoms with Gasteiger partial charge in [0.15, 0.2) is 0 Å². The van der Waals surface area contributed by atoms with Gasteiger partial charge in [0.25, 0.3) is 0 Å². The van der Waals surface area contributed by atoms with E-state index in [1.54, 1.807) is 33.3 Å². The van der Waals surface area contributed by atoms with Crippen molar-refractivity contribution >= 4 is 27.3 Å². The van der Waals surface area contributed by atoms with E-state index >= 15 is 0 Å². The number of nitrogens with zero attached hydrogens (tertiary/aromatic N) is 2. The first-order valence-electron chi connectivity index (χ1n) is 9.02. The molecule has 0 bridgehead atoms. The van der Waals surface area contributed by atoms with E-state index in [9.17, 15) is 8.42 Å². The summed E-state index contributed by atoms with van der Waals surface area (Å²) in [5.41, 5.74) is 2.35. The zero-order valence-electron chi connectivity index (χ0n) is 16.5. The molecule has 152 valence electrons. The molecular formula is C20H25ClN2O4S. The van der Waals surface area contributed by atoms with Gasteiger partial charge in [-0.25, -0.2) is 8.42 Å². The Morgan fingerprint density at radius 1 is 0.929 bits per heavy atom. The highest BCUT2D eigenvalue weighted by Crippen LogP contribution is 2.33. The molecule has 0 radical (unpaired) electrons. The van der Waals surface area contributed by atoms with Crippen LogP contribution in [0.3, 0.4) is 0 Å². The number of piperazine rings is 1. The second-order valence-electron chi connectivity index (χ2n) is 6.80. The zero-order valence-corrected chi connectivity index (χ0v) is 18.1. The van der Waals surface area contributed by atoms with E-state index in [0.717, 1.165) is 17.0 Å². The largest absolute Gasteiger partial charge is 0.497 e. The lowest BCUT2D eigenvalue weighted by Gasteiger charge is -2.36. The van der Waals surface area contributed by atoms with Crippen LogP contribution in [0.2, 0.25) is 5.02 Å². The second kappa shape index (κ2) is 8.19. The van der Waals surface area contributed by atoms with Crippen LogP contribution in [0, 0.1) is 13.8 Å². The number of ether oxygens (including phenoxy) is 2. The third-order valence-corrected chi connectivity index (χ3v) is 7.49. The Balaban J connectivity index is 1.79. The molecule has 3 rings (SSSR count). The quantitative estimate of drug-likeness (QED) is 0.735. The molecule has 0 aliphatic carbocycles. The van der Waals surface area contributed by atoms with Gasteiger partial charge in [-0.15, -0.1) is 0 Å². The molecule has 28 heavy (non-hydrogen) atoms. The maximum Gasteiger partial charge on any atom is 0.243 e. The summed E-state index contributed by atoms with van der Waals surface area (Å²) in [4.78, 5) is 2.45. The molecule has 0 saturated carbocycles. The second-order valence-corrected chi connectivity index (χ2v) is 9.11. The first kappa shape index (κ1) is 20.8. The van der Waals surface area contributed by atoms with Crippen molar-refractivity contribution in [3.8, 4) is 11.5 Å². The number of hydrogen-bond acceptors (Lipinski definition) is 5. The monoisotopic (exact) mass is 424 g/mol. The summed E-state index contributed by atoms with van der Waals surface area (Å²) in [6.07, 6.45) is 0. The van der Waals surface area contributed by atoms with Crippen LogP contribution >= 0.6 is 11.6 Å². The molecule has 0 atom stereocenters. The van der Waals surface area contributed by atoms with Crippen LogP contribution in [0.25, 0.3) is 0 Å². The number of hydrogen-bond donors (Lipinski definition) is 0. The third kappa shape index (κ3) is 3.92. The van der Waals surface area contributed by atoms with Crippen LogP contribution in [0.4, 0.5) is 5.69 Å². The lowest BCUT2D eigenvalue weighted by molar-refractivity contribution is 0.375. The number of aryl methyl sites for hydroxylation is 2. The summed E-state index contributed by atoms with van der Waals surface area (Å²) < 4.78 is 38.5. The van der Waals surface area contributed by atoms with Crippen molar-refractivity contribution in [1.82, 2.24) is 4.31 Å². The summed E-state index contributed by atoms with van der Waals surface area (Å²) >= 11 is 6.12. The van der Waals surface area contributed by atoms with E-state index in [0.29, 0.717) is 47.4 Å². The fraction of sp³-hybridized carbons (Fsp3) is 0.400. The van der Waals surface area contributed by atoms with Crippen molar-refractivity contribution in [2.45, 2.75) is 18.7 Å². The number of benzene rings is 2. The topological polar surface area (TPSA) is 59.1 Å². The van der Waals surface area contributed by atoms with Gasteiger partial charge in [0, 0.05) is 37.3 Å². The smallest absolute Gasteiger partial charge is 0.243 e. The molecule has 2 aromatic rings. The summed E-state index contributed by atoms with van der Waals surface area (Å²) in [7, 11) is -0.342. The van der Waals surface area contributed by atoms with Crippen molar-refractivity contribution in [3.05, 3.63) is 46.5 Å². The minimum absolute atomic E-state index is 0.324. The molecule has 6 nitrogen and oxygen atoms in total. The molecule has 0 N–H and O–H groups in total. The molecule has 0 unspecified atom stereocenters. The van der Waals surface area contributed by atoms with Gasteiger partial charge in [-0.05, 0) is 49.2 Å². The maximum atomic E-state index is 13.1. The molecule has 1 saturated heterocycles. The van der Waals surface area contributed by atoms with Crippen LogP contribution in [0.15, 0.2) is 35.2 Å². The van der Waals surface area contributed by atoms with Crippen LogP contribution in [-0.4, -0.2) is 53.1 Å². The van der Waals surface area contributed by atoms with Crippen LogP contribution in [0.1, 0.15) is 11.1 Å². The van der Waals surface area contributed by atoms with E-state index in [1.807, 2.05) is 25.1 Å². The Hall–Kier alpha value is -1.96. The Morgan fingerprint density at radius 2 is 1.61 bits per heavy atom. The average Bonchev–Trinajstić information content (AvgIpc) is 2.70. The van der Waals surface area contributed by atoms with Gasteiger partial charge in [0.05, 0.1) is 24.8 Å². The minimum atomic E-state index is -3.57. The Labute approximate surface area is 171 Å². The summed E-state index contributed by atoms with van der Waals surface area (Å²) in [5.74, 6) is 1.43. The highest BCUT2D eigenvalue weighted by molar-refractivity contribution is 7.89. The van der Waals surface area contributed by atoms with E-state index in [4.69, 9.17) is 21.1 Å². The lowest BCUT2D eigenvalue weighted by atomic mass is 10.2. The number of methoxy groups -OCH3 is 2. The molecule has 0 aromatic heterocycles. The van der Waals surface area contributed by atoms with Gasteiger partial charge in [-0.3, -0.25) is 0 Å². The number of rotatable bonds is 5. The van der Waals surface area contributed by atoms with E-state index < -0.39 is 10.0 Å². The van der Waals surface area contributed by atoms with E-state index in [-0.39, 0.29) is 0 Å². The molecule has 2 aromatic carbocycles. The Bertz CT molecular complexity index is 970. The van der Waals surface area contributed by atoms with E-state index in [2.05, 4.69) is 4.90 Å². The number of sulfonamides is 1. The van der Waals surface area contributed by atoms with Crippen LogP contribution in [0.5, 0.6) is 11.5 Å². The maximum absolute atomic E-state index is 13.1. The average molecular weight is 425 g/mol. The normalized spacial score (nSPS) is 15.5. The lowest BCUT2D eigenvalue weighted by Crippen LogP contribution is -2.48. The molecule has 0 spiro atoms. The Kier molecular flexibility index (Phi) is 6.07. The van der Waals surface area contributed by atoms with Crippen molar-refractivity contribution in [2.24, 2.45) is 0 Å². The predicted molar refractivity (Wildman–Crippen MR) is 111 cm³/mol. The predicted octanol–water partition coefficient (Wildman–Crippen LogP) is 3.48. The number of anilines is 1. The number of halogens is 1. The van der Waals surface area contributed by atoms with Gasteiger partial charge >= 0.3 is 0 Å². The van der Waals surface area contributed by atoms with Crippen molar-refractivity contribution < 1.29 is 17.9 Å². The SMILES string of the molecule is COc1ccc(N2CCN(S(=O)(=O)c3cc(C)c(Cl)cc3C)CC2)c(OC)c1. The molecule has 1 heterocycles. The fourth-order valence-corrected chi connectivity index (χ4v) is 5.32.